The number of nitrogens with one attached hydrogen (secondary N) is 2. The maximum Gasteiger partial charge on any atom is 0.325 e. The van der Waals surface area contributed by atoms with Gasteiger partial charge in [0.25, 0.3) is 0 Å². The van der Waals surface area contributed by atoms with Gasteiger partial charge in [-0.1, -0.05) is 0 Å². The van der Waals surface area contributed by atoms with Gasteiger partial charge in [0.15, 0.2) is 16.6 Å². The fourth-order valence-electron chi connectivity index (χ4n) is 2.60. The first-order valence-corrected chi connectivity index (χ1v) is 9.43. The fourth-order valence-corrected chi connectivity index (χ4v) is 3.31. The van der Waals surface area contributed by atoms with E-state index >= 15 is 0 Å². The molecule has 3 rings (SSSR count). The van der Waals surface area contributed by atoms with E-state index in [1.807, 2.05) is 23.6 Å². The van der Waals surface area contributed by atoms with Crippen LogP contribution >= 0.6 is 11.3 Å². The number of thiazole rings is 1. The van der Waals surface area contributed by atoms with Gasteiger partial charge in [-0.05, 0) is 18.2 Å². The molecule has 0 aliphatic heterocycles. The second-order valence-electron chi connectivity index (χ2n) is 5.79. The Hall–Kier alpha value is -3.46. The van der Waals surface area contributed by atoms with Crippen molar-refractivity contribution in [3.8, 4) is 34.3 Å². The zero-order chi connectivity index (χ0) is 20.8. The lowest BCUT2D eigenvalue weighted by Crippen LogP contribution is -2.19. The van der Waals surface area contributed by atoms with Crippen LogP contribution in [0.15, 0.2) is 41.8 Å². The molecular weight excluding hydrogens is 394 g/mol. The second-order valence-corrected chi connectivity index (χ2v) is 6.65. The number of hydrogen-bond acceptors (Lipinski definition) is 7. The molecule has 9 heteroatoms. The van der Waals surface area contributed by atoms with Gasteiger partial charge < -0.3 is 24.3 Å². The standard InChI is InChI=1S/C20H21N3O5S/c1-25-14-8-13(9-15(10-14)26-2)21-19(24)23-20-22-16(11-29-20)12-5-6-17(27-3)18(7-12)28-4/h5-11H,1-4H3,(H2,21,22,23,24). The first kappa shape index (κ1) is 20.3. The Kier molecular flexibility index (Phi) is 6.40. The molecule has 29 heavy (non-hydrogen) atoms. The minimum Gasteiger partial charge on any atom is -0.497 e. The molecule has 2 amide bonds. The maximum atomic E-state index is 12.3. The molecule has 0 fully saturated rings. The molecular formula is C20H21N3O5S. The summed E-state index contributed by atoms with van der Waals surface area (Å²) in [5.74, 6) is 2.39. The van der Waals surface area contributed by atoms with E-state index in [4.69, 9.17) is 18.9 Å². The topological polar surface area (TPSA) is 90.9 Å². The molecule has 0 saturated carbocycles. The van der Waals surface area contributed by atoms with Gasteiger partial charge in [0, 0.05) is 34.8 Å². The predicted octanol–water partition coefficient (Wildman–Crippen LogP) is 4.49. The molecule has 2 N–H and O–H groups in total. The van der Waals surface area contributed by atoms with Gasteiger partial charge in [-0.15, -0.1) is 11.3 Å². The van der Waals surface area contributed by atoms with Gasteiger partial charge in [-0.2, -0.15) is 0 Å². The number of rotatable bonds is 7. The summed E-state index contributed by atoms with van der Waals surface area (Å²) in [5, 5.41) is 7.78. The van der Waals surface area contributed by atoms with E-state index in [1.54, 1.807) is 46.6 Å². The van der Waals surface area contributed by atoms with Crippen molar-refractivity contribution in [3.63, 3.8) is 0 Å². The summed E-state index contributed by atoms with van der Waals surface area (Å²) < 4.78 is 21.0. The van der Waals surface area contributed by atoms with E-state index in [-0.39, 0.29) is 0 Å². The SMILES string of the molecule is COc1cc(NC(=O)Nc2nc(-c3ccc(OC)c(OC)c3)cs2)cc(OC)c1. The smallest absolute Gasteiger partial charge is 0.325 e. The molecule has 1 aromatic heterocycles. The highest BCUT2D eigenvalue weighted by Crippen LogP contribution is 2.33. The zero-order valence-electron chi connectivity index (χ0n) is 16.4. The highest BCUT2D eigenvalue weighted by atomic mass is 32.1. The van der Waals surface area contributed by atoms with Gasteiger partial charge in [-0.3, -0.25) is 5.32 Å². The van der Waals surface area contributed by atoms with Gasteiger partial charge in [0.2, 0.25) is 0 Å². The van der Waals surface area contributed by atoms with Crippen LogP contribution in [-0.2, 0) is 0 Å². The predicted molar refractivity (Wildman–Crippen MR) is 113 cm³/mol. The molecule has 0 aliphatic rings. The Morgan fingerprint density at radius 2 is 1.55 bits per heavy atom. The van der Waals surface area contributed by atoms with Crippen molar-refractivity contribution in [1.29, 1.82) is 0 Å². The third kappa shape index (κ3) is 4.88. The van der Waals surface area contributed by atoms with Crippen LogP contribution in [0.1, 0.15) is 0 Å². The van der Waals surface area contributed by atoms with Gasteiger partial charge >= 0.3 is 6.03 Å². The van der Waals surface area contributed by atoms with Gasteiger partial charge in [0.1, 0.15) is 11.5 Å². The molecule has 0 aliphatic carbocycles. The number of carbonyl (C=O) groups is 1. The number of nitrogens with zero attached hydrogens (tertiary/aromatic N) is 1. The molecule has 0 radical (unpaired) electrons. The largest absolute Gasteiger partial charge is 0.497 e. The number of benzene rings is 2. The first-order valence-electron chi connectivity index (χ1n) is 8.55. The molecule has 0 saturated heterocycles. The van der Waals surface area contributed by atoms with E-state index in [9.17, 15) is 4.79 Å². The summed E-state index contributed by atoms with van der Waals surface area (Å²) >= 11 is 1.32. The molecule has 1 heterocycles. The summed E-state index contributed by atoms with van der Waals surface area (Å²) in [6.07, 6.45) is 0. The van der Waals surface area contributed by atoms with Crippen LogP contribution in [-0.4, -0.2) is 39.5 Å². The number of amides is 2. The number of ether oxygens (including phenoxy) is 4. The molecule has 8 nitrogen and oxygen atoms in total. The van der Waals surface area contributed by atoms with Crippen LogP contribution in [0.5, 0.6) is 23.0 Å². The first-order chi connectivity index (χ1) is 14.1. The second kappa shape index (κ2) is 9.16. The third-order valence-corrected chi connectivity index (χ3v) is 4.77. The highest BCUT2D eigenvalue weighted by molar-refractivity contribution is 7.14. The lowest BCUT2D eigenvalue weighted by molar-refractivity contribution is 0.262. The Morgan fingerprint density at radius 1 is 0.862 bits per heavy atom. The van der Waals surface area contributed by atoms with Crippen LogP contribution in [0.3, 0.4) is 0 Å². The average Bonchev–Trinajstić information content (AvgIpc) is 3.20. The monoisotopic (exact) mass is 415 g/mol. The summed E-state index contributed by atoms with van der Waals surface area (Å²) in [6.45, 7) is 0. The number of anilines is 2. The normalized spacial score (nSPS) is 10.2. The Labute approximate surface area is 172 Å². The Bertz CT molecular complexity index is 983. The van der Waals surface area contributed by atoms with Crippen molar-refractivity contribution in [2.75, 3.05) is 39.1 Å². The highest BCUT2D eigenvalue weighted by Gasteiger charge is 2.12. The third-order valence-electron chi connectivity index (χ3n) is 4.01. The number of aromatic nitrogens is 1. The van der Waals surface area contributed by atoms with Crippen molar-refractivity contribution >= 4 is 28.2 Å². The minimum atomic E-state index is -0.423. The molecule has 152 valence electrons. The van der Waals surface area contributed by atoms with Crippen LogP contribution in [0.25, 0.3) is 11.3 Å². The lowest BCUT2D eigenvalue weighted by atomic mass is 10.1. The van der Waals surface area contributed by atoms with Crippen molar-refractivity contribution in [3.05, 3.63) is 41.8 Å². The van der Waals surface area contributed by atoms with E-state index in [2.05, 4.69) is 15.6 Å². The van der Waals surface area contributed by atoms with Crippen LogP contribution < -0.4 is 29.6 Å². The van der Waals surface area contributed by atoms with E-state index in [0.29, 0.717) is 39.5 Å². The number of urea groups is 1. The van der Waals surface area contributed by atoms with E-state index < -0.39 is 6.03 Å². The maximum absolute atomic E-state index is 12.3. The molecule has 0 bridgehead atoms. The van der Waals surface area contributed by atoms with E-state index in [0.717, 1.165) is 5.56 Å². The van der Waals surface area contributed by atoms with Crippen molar-refractivity contribution in [2.24, 2.45) is 0 Å². The molecule has 0 unspecified atom stereocenters. The van der Waals surface area contributed by atoms with Crippen molar-refractivity contribution in [2.45, 2.75) is 0 Å². The Morgan fingerprint density at radius 3 is 2.17 bits per heavy atom. The molecule has 0 atom stereocenters. The van der Waals surface area contributed by atoms with Crippen LogP contribution in [0.4, 0.5) is 15.6 Å². The van der Waals surface area contributed by atoms with Crippen LogP contribution in [0.2, 0.25) is 0 Å². The van der Waals surface area contributed by atoms with Crippen molar-refractivity contribution < 1.29 is 23.7 Å². The molecule has 2 aromatic carbocycles. The lowest BCUT2D eigenvalue weighted by Gasteiger charge is -2.10. The number of hydrogen-bond donors (Lipinski definition) is 2. The molecule has 3 aromatic rings. The number of methoxy groups -OCH3 is 4. The van der Waals surface area contributed by atoms with Crippen molar-refractivity contribution in [1.82, 2.24) is 4.98 Å². The average molecular weight is 415 g/mol. The van der Waals surface area contributed by atoms with E-state index in [1.165, 1.54) is 11.3 Å². The zero-order valence-corrected chi connectivity index (χ0v) is 17.3. The van der Waals surface area contributed by atoms with Gasteiger partial charge in [-0.25, -0.2) is 9.78 Å². The molecule has 0 spiro atoms. The van der Waals surface area contributed by atoms with Crippen LogP contribution in [0, 0.1) is 0 Å². The fraction of sp³-hybridized carbons (Fsp3) is 0.200. The number of carbonyl (C=O) groups excluding carboxylic acids is 1. The summed E-state index contributed by atoms with van der Waals surface area (Å²) in [4.78, 5) is 16.8. The summed E-state index contributed by atoms with van der Waals surface area (Å²) in [5.41, 5.74) is 2.11. The minimum absolute atomic E-state index is 0.423. The summed E-state index contributed by atoms with van der Waals surface area (Å²) in [7, 11) is 6.25. The van der Waals surface area contributed by atoms with Gasteiger partial charge in [0.05, 0.1) is 34.1 Å². The quantitative estimate of drug-likeness (QED) is 0.591. The summed E-state index contributed by atoms with van der Waals surface area (Å²) in [6, 6.07) is 10.2. The Balaban J connectivity index is 1.71.